The SMILES string of the molecule is CC(C)C(=O)c1ccc(-c2c(Cl)cc(Cl)cc2Cl)s1. The van der Waals surface area contributed by atoms with Gasteiger partial charge in [-0.3, -0.25) is 4.79 Å². The molecule has 2 aromatic rings. The van der Waals surface area contributed by atoms with E-state index < -0.39 is 0 Å². The van der Waals surface area contributed by atoms with Crippen molar-refractivity contribution in [2.75, 3.05) is 0 Å². The van der Waals surface area contributed by atoms with Crippen molar-refractivity contribution < 1.29 is 4.79 Å². The fourth-order valence-corrected chi connectivity index (χ4v) is 3.97. The van der Waals surface area contributed by atoms with Crippen molar-refractivity contribution >= 4 is 51.9 Å². The van der Waals surface area contributed by atoms with E-state index in [1.807, 2.05) is 26.0 Å². The zero-order valence-electron chi connectivity index (χ0n) is 10.3. The summed E-state index contributed by atoms with van der Waals surface area (Å²) in [7, 11) is 0. The summed E-state index contributed by atoms with van der Waals surface area (Å²) in [4.78, 5) is 13.5. The number of benzene rings is 1. The minimum atomic E-state index is -0.0253. The number of hydrogen-bond donors (Lipinski definition) is 0. The van der Waals surface area contributed by atoms with Gasteiger partial charge in [-0.25, -0.2) is 0 Å². The number of carbonyl (C=O) groups excluding carboxylic acids is 1. The van der Waals surface area contributed by atoms with Crippen LogP contribution in [0.15, 0.2) is 24.3 Å². The van der Waals surface area contributed by atoms with Gasteiger partial charge in [-0.15, -0.1) is 11.3 Å². The summed E-state index contributed by atoms with van der Waals surface area (Å²) < 4.78 is 0. The molecule has 0 unspecified atom stereocenters. The zero-order valence-corrected chi connectivity index (χ0v) is 13.4. The topological polar surface area (TPSA) is 17.1 Å². The molecular weight excluding hydrogens is 323 g/mol. The van der Waals surface area contributed by atoms with Crippen molar-refractivity contribution in [3.63, 3.8) is 0 Å². The number of rotatable bonds is 3. The number of thiophene rings is 1. The second-order valence-corrected chi connectivity index (χ2v) is 6.76. The van der Waals surface area contributed by atoms with Crippen LogP contribution in [-0.2, 0) is 0 Å². The van der Waals surface area contributed by atoms with Crippen molar-refractivity contribution in [1.82, 2.24) is 0 Å². The fraction of sp³-hybridized carbons (Fsp3) is 0.214. The highest BCUT2D eigenvalue weighted by atomic mass is 35.5. The minimum absolute atomic E-state index is 0.0253. The Balaban J connectivity index is 2.47. The Labute approximate surface area is 131 Å². The molecule has 0 aliphatic rings. The van der Waals surface area contributed by atoms with Gasteiger partial charge in [0.25, 0.3) is 0 Å². The van der Waals surface area contributed by atoms with Gasteiger partial charge in [0.2, 0.25) is 0 Å². The molecule has 19 heavy (non-hydrogen) atoms. The van der Waals surface area contributed by atoms with Crippen LogP contribution < -0.4 is 0 Å². The highest BCUT2D eigenvalue weighted by Crippen LogP contribution is 2.40. The molecule has 0 atom stereocenters. The Hall–Kier alpha value is -0.540. The molecule has 0 saturated carbocycles. The lowest BCUT2D eigenvalue weighted by atomic mass is 10.1. The van der Waals surface area contributed by atoms with Crippen molar-refractivity contribution in [2.24, 2.45) is 5.92 Å². The van der Waals surface area contributed by atoms with Gasteiger partial charge in [0.05, 0.1) is 14.9 Å². The molecule has 1 aromatic carbocycles. The summed E-state index contributed by atoms with van der Waals surface area (Å²) in [5, 5.41) is 1.47. The first-order chi connectivity index (χ1) is 8.90. The van der Waals surface area contributed by atoms with Crippen LogP contribution in [0.5, 0.6) is 0 Å². The normalized spacial score (nSPS) is 11.1. The van der Waals surface area contributed by atoms with Gasteiger partial charge in [-0.1, -0.05) is 48.7 Å². The zero-order chi connectivity index (χ0) is 14.2. The summed E-state index contributed by atoms with van der Waals surface area (Å²) >= 11 is 19.6. The van der Waals surface area contributed by atoms with E-state index in [1.165, 1.54) is 11.3 Å². The van der Waals surface area contributed by atoms with Crippen LogP contribution in [0, 0.1) is 5.92 Å². The van der Waals surface area contributed by atoms with Gasteiger partial charge in [0.15, 0.2) is 5.78 Å². The first kappa shape index (κ1) is 14.9. The van der Waals surface area contributed by atoms with Gasteiger partial charge in [-0.2, -0.15) is 0 Å². The highest BCUT2D eigenvalue weighted by Gasteiger charge is 2.17. The van der Waals surface area contributed by atoms with Crippen LogP contribution in [0.3, 0.4) is 0 Å². The summed E-state index contributed by atoms with van der Waals surface area (Å²) in [5.41, 5.74) is 0.723. The first-order valence-corrected chi connectivity index (χ1v) is 7.64. The highest BCUT2D eigenvalue weighted by molar-refractivity contribution is 7.17. The summed E-state index contributed by atoms with van der Waals surface area (Å²) in [5.74, 6) is 0.0973. The molecular formula is C14H11Cl3OS. The molecule has 0 bridgehead atoms. The maximum absolute atomic E-state index is 11.9. The Morgan fingerprint density at radius 3 is 2.21 bits per heavy atom. The average Bonchev–Trinajstić information content (AvgIpc) is 2.75. The molecule has 0 radical (unpaired) electrons. The van der Waals surface area contributed by atoms with Gasteiger partial charge in [-0.05, 0) is 24.3 Å². The molecule has 5 heteroatoms. The van der Waals surface area contributed by atoms with E-state index in [-0.39, 0.29) is 11.7 Å². The van der Waals surface area contributed by atoms with E-state index in [0.717, 1.165) is 10.4 Å². The lowest BCUT2D eigenvalue weighted by molar-refractivity contribution is 0.0943. The second-order valence-electron chi connectivity index (χ2n) is 4.43. The van der Waals surface area contributed by atoms with Gasteiger partial charge in [0, 0.05) is 21.4 Å². The minimum Gasteiger partial charge on any atom is -0.293 e. The molecule has 2 rings (SSSR count). The monoisotopic (exact) mass is 332 g/mol. The predicted octanol–water partition coefficient (Wildman–Crippen LogP) is 6.21. The fourth-order valence-electron chi connectivity index (χ4n) is 1.67. The molecule has 0 saturated heterocycles. The molecule has 100 valence electrons. The Morgan fingerprint density at radius 2 is 1.68 bits per heavy atom. The largest absolute Gasteiger partial charge is 0.293 e. The average molecular weight is 334 g/mol. The van der Waals surface area contributed by atoms with E-state index in [9.17, 15) is 4.79 Å². The smallest absolute Gasteiger partial charge is 0.175 e. The third-order valence-corrected chi connectivity index (χ3v) is 4.56. The van der Waals surface area contributed by atoms with Crippen molar-refractivity contribution in [3.05, 3.63) is 44.2 Å². The molecule has 0 aliphatic heterocycles. The molecule has 0 fully saturated rings. The quantitative estimate of drug-likeness (QED) is 0.610. The standard InChI is InChI=1S/C14H11Cl3OS/c1-7(2)14(18)12-4-3-11(19-12)13-9(16)5-8(15)6-10(13)17/h3-7H,1-2H3. The third-order valence-electron chi connectivity index (χ3n) is 2.63. The van der Waals surface area contributed by atoms with Gasteiger partial charge < -0.3 is 0 Å². The molecule has 1 aromatic heterocycles. The Morgan fingerprint density at radius 1 is 1.11 bits per heavy atom. The molecule has 0 amide bonds. The second kappa shape index (κ2) is 5.84. The number of ketones is 1. The van der Waals surface area contributed by atoms with E-state index in [2.05, 4.69) is 0 Å². The lowest BCUT2D eigenvalue weighted by Gasteiger charge is -2.05. The molecule has 0 spiro atoms. The van der Waals surface area contributed by atoms with Crippen LogP contribution in [0.4, 0.5) is 0 Å². The van der Waals surface area contributed by atoms with Gasteiger partial charge >= 0.3 is 0 Å². The van der Waals surface area contributed by atoms with E-state index in [1.54, 1.807) is 12.1 Å². The van der Waals surface area contributed by atoms with Crippen LogP contribution >= 0.6 is 46.1 Å². The van der Waals surface area contributed by atoms with E-state index in [0.29, 0.717) is 19.9 Å². The van der Waals surface area contributed by atoms with Crippen LogP contribution in [0.2, 0.25) is 15.1 Å². The lowest BCUT2D eigenvalue weighted by Crippen LogP contribution is -2.04. The van der Waals surface area contributed by atoms with Crippen molar-refractivity contribution in [3.8, 4) is 10.4 Å². The number of Topliss-reactive ketones (excluding diaryl/α,β-unsaturated/α-hetero) is 1. The van der Waals surface area contributed by atoms with Crippen LogP contribution in [0.1, 0.15) is 23.5 Å². The van der Waals surface area contributed by atoms with E-state index in [4.69, 9.17) is 34.8 Å². The summed E-state index contributed by atoms with van der Waals surface area (Å²) in [6.45, 7) is 3.76. The third kappa shape index (κ3) is 3.14. The Kier molecular flexibility index (Phi) is 4.57. The number of carbonyl (C=O) groups is 1. The molecule has 1 nitrogen and oxygen atoms in total. The molecule has 0 N–H and O–H groups in total. The van der Waals surface area contributed by atoms with E-state index >= 15 is 0 Å². The maximum Gasteiger partial charge on any atom is 0.175 e. The van der Waals surface area contributed by atoms with Crippen molar-refractivity contribution in [1.29, 1.82) is 0 Å². The predicted molar refractivity (Wildman–Crippen MR) is 84.0 cm³/mol. The molecule has 0 aliphatic carbocycles. The Bertz CT molecular complexity index is 608. The number of halogens is 3. The maximum atomic E-state index is 11.9. The van der Waals surface area contributed by atoms with Crippen LogP contribution in [-0.4, -0.2) is 5.78 Å². The van der Waals surface area contributed by atoms with Gasteiger partial charge in [0.1, 0.15) is 0 Å². The molecule has 1 heterocycles. The van der Waals surface area contributed by atoms with Crippen LogP contribution in [0.25, 0.3) is 10.4 Å². The summed E-state index contributed by atoms with van der Waals surface area (Å²) in [6.07, 6.45) is 0. The first-order valence-electron chi connectivity index (χ1n) is 5.69. The summed E-state index contributed by atoms with van der Waals surface area (Å²) in [6, 6.07) is 6.97. The van der Waals surface area contributed by atoms with Crippen molar-refractivity contribution in [2.45, 2.75) is 13.8 Å². The number of hydrogen-bond acceptors (Lipinski definition) is 2.